The Morgan fingerprint density at radius 2 is 2.09 bits per heavy atom. The molecule has 1 amide bonds. The third kappa shape index (κ3) is 3.25. The number of ether oxygens (including phenoxy) is 2. The van der Waals surface area contributed by atoms with Crippen molar-refractivity contribution in [2.24, 2.45) is 0 Å². The van der Waals surface area contributed by atoms with E-state index in [1.54, 1.807) is 0 Å². The van der Waals surface area contributed by atoms with Crippen LogP contribution in [0.25, 0.3) is 0 Å². The molecule has 3 rings (SSSR count). The molecule has 0 bridgehead atoms. The molecule has 1 aliphatic carbocycles. The summed E-state index contributed by atoms with van der Waals surface area (Å²) in [6, 6.07) is 8.41. The van der Waals surface area contributed by atoms with Gasteiger partial charge in [0.25, 0.3) is 0 Å². The van der Waals surface area contributed by atoms with Crippen molar-refractivity contribution < 1.29 is 19.4 Å². The molecule has 1 aliphatic heterocycles. The van der Waals surface area contributed by atoms with Crippen molar-refractivity contribution >= 4 is 6.09 Å². The molecule has 1 aromatic rings. The Hall–Kier alpha value is -1.59. The second kappa shape index (κ2) is 6.67. The molecular formula is C17H23NO4. The molecule has 120 valence electrons. The zero-order valence-electron chi connectivity index (χ0n) is 12.7. The van der Waals surface area contributed by atoms with Crippen molar-refractivity contribution in [3.05, 3.63) is 35.4 Å². The SMILES string of the molecule is O=C(O)NCC1(CCC2OCCO2)CCCc2ccccc21. The van der Waals surface area contributed by atoms with E-state index < -0.39 is 6.09 Å². The van der Waals surface area contributed by atoms with E-state index in [1.165, 1.54) is 11.1 Å². The lowest BCUT2D eigenvalue weighted by Crippen LogP contribution is -2.43. The normalized spacial score (nSPS) is 24.9. The summed E-state index contributed by atoms with van der Waals surface area (Å²) in [5.74, 6) is 0. The van der Waals surface area contributed by atoms with Crippen LogP contribution in [0.4, 0.5) is 4.79 Å². The average molecular weight is 305 g/mol. The summed E-state index contributed by atoms with van der Waals surface area (Å²) in [5.41, 5.74) is 2.48. The predicted octanol–water partition coefficient (Wildman–Crippen LogP) is 2.68. The highest BCUT2D eigenvalue weighted by molar-refractivity contribution is 5.64. The highest BCUT2D eigenvalue weighted by Gasteiger charge is 2.37. The van der Waals surface area contributed by atoms with E-state index in [9.17, 15) is 4.79 Å². The first-order valence-corrected chi connectivity index (χ1v) is 7.98. The third-order valence-electron chi connectivity index (χ3n) is 4.82. The van der Waals surface area contributed by atoms with Gasteiger partial charge in [-0.1, -0.05) is 24.3 Å². The highest BCUT2D eigenvalue weighted by Crippen LogP contribution is 2.41. The molecule has 22 heavy (non-hydrogen) atoms. The van der Waals surface area contributed by atoms with Crippen molar-refractivity contribution in [3.63, 3.8) is 0 Å². The molecule has 1 unspecified atom stereocenters. The van der Waals surface area contributed by atoms with Crippen LogP contribution in [-0.2, 0) is 21.3 Å². The number of hydrogen-bond donors (Lipinski definition) is 2. The van der Waals surface area contributed by atoms with Crippen LogP contribution in [-0.4, -0.2) is 37.2 Å². The molecule has 0 aromatic heterocycles. The predicted molar refractivity (Wildman–Crippen MR) is 82.0 cm³/mol. The minimum absolute atomic E-state index is 0.143. The monoisotopic (exact) mass is 305 g/mol. The summed E-state index contributed by atoms with van der Waals surface area (Å²) in [5, 5.41) is 11.6. The van der Waals surface area contributed by atoms with Crippen LogP contribution in [0, 0.1) is 0 Å². The number of hydrogen-bond acceptors (Lipinski definition) is 3. The quantitative estimate of drug-likeness (QED) is 0.877. The van der Waals surface area contributed by atoms with Crippen LogP contribution in [0.3, 0.4) is 0 Å². The molecule has 2 N–H and O–H groups in total. The van der Waals surface area contributed by atoms with E-state index in [-0.39, 0.29) is 11.7 Å². The maximum atomic E-state index is 11.0. The first-order valence-electron chi connectivity index (χ1n) is 7.98. The van der Waals surface area contributed by atoms with Gasteiger partial charge in [0.2, 0.25) is 0 Å². The molecule has 1 aromatic carbocycles. The second-order valence-corrected chi connectivity index (χ2v) is 6.16. The van der Waals surface area contributed by atoms with E-state index in [4.69, 9.17) is 14.6 Å². The van der Waals surface area contributed by atoms with Gasteiger partial charge in [0.05, 0.1) is 13.2 Å². The lowest BCUT2D eigenvalue weighted by Gasteiger charge is -2.39. The summed E-state index contributed by atoms with van der Waals surface area (Å²) in [7, 11) is 0. The largest absolute Gasteiger partial charge is 0.465 e. The molecule has 1 fully saturated rings. The van der Waals surface area contributed by atoms with E-state index in [0.29, 0.717) is 19.8 Å². The number of carboxylic acid groups (broad SMARTS) is 1. The van der Waals surface area contributed by atoms with Crippen molar-refractivity contribution in [1.82, 2.24) is 5.32 Å². The minimum Gasteiger partial charge on any atom is -0.465 e. The van der Waals surface area contributed by atoms with Gasteiger partial charge in [-0.15, -0.1) is 0 Å². The zero-order chi connectivity index (χ0) is 15.4. The van der Waals surface area contributed by atoms with Gasteiger partial charge < -0.3 is 19.9 Å². The highest BCUT2D eigenvalue weighted by atomic mass is 16.7. The zero-order valence-corrected chi connectivity index (χ0v) is 12.7. The summed E-state index contributed by atoms with van der Waals surface area (Å²) < 4.78 is 11.1. The Labute approximate surface area is 130 Å². The van der Waals surface area contributed by atoms with Crippen LogP contribution in [0.2, 0.25) is 0 Å². The lowest BCUT2D eigenvalue weighted by atomic mass is 9.67. The van der Waals surface area contributed by atoms with Gasteiger partial charge in [-0.05, 0) is 43.2 Å². The van der Waals surface area contributed by atoms with Crippen molar-refractivity contribution in [3.8, 4) is 0 Å². The molecule has 0 radical (unpaired) electrons. The number of rotatable bonds is 5. The standard InChI is InChI=1S/C17H23NO4/c19-16(20)18-12-17(9-7-15-21-10-11-22-15)8-3-5-13-4-1-2-6-14(13)17/h1-2,4,6,15,18H,3,5,7-12H2,(H,19,20). The number of benzene rings is 1. The summed E-state index contributed by atoms with van der Waals surface area (Å²) in [4.78, 5) is 11.0. The number of amides is 1. The van der Waals surface area contributed by atoms with Crippen molar-refractivity contribution in [2.45, 2.75) is 43.8 Å². The Bertz CT molecular complexity index is 527. The Kier molecular flexibility index (Phi) is 4.64. The van der Waals surface area contributed by atoms with E-state index in [0.717, 1.165) is 32.1 Å². The van der Waals surface area contributed by atoms with Crippen LogP contribution >= 0.6 is 0 Å². The third-order valence-corrected chi connectivity index (χ3v) is 4.82. The molecule has 5 heteroatoms. The molecule has 1 atom stereocenters. The van der Waals surface area contributed by atoms with E-state index in [2.05, 4.69) is 23.5 Å². The fourth-order valence-corrected chi connectivity index (χ4v) is 3.75. The fourth-order valence-electron chi connectivity index (χ4n) is 3.75. The van der Waals surface area contributed by atoms with Crippen LogP contribution in [0.1, 0.15) is 36.8 Å². The van der Waals surface area contributed by atoms with Gasteiger partial charge in [0.15, 0.2) is 6.29 Å². The van der Waals surface area contributed by atoms with Crippen molar-refractivity contribution in [1.29, 1.82) is 0 Å². The molecular weight excluding hydrogens is 282 g/mol. The Morgan fingerprint density at radius 3 is 2.86 bits per heavy atom. The van der Waals surface area contributed by atoms with Gasteiger partial charge in [-0.3, -0.25) is 0 Å². The summed E-state index contributed by atoms with van der Waals surface area (Å²) in [6.07, 6.45) is 3.72. The summed E-state index contributed by atoms with van der Waals surface area (Å²) >= 11 is 0. The number of carbonyl (C=O) groups is 1. The van der Waals surface area contributed by atoms with Gasteiger partial charge in [0, 0.05) is 12.0 Å². The molecule has 0 saturated carbocycles. The molecule has 5 nitrogen and oxygen atoms in total. The molecule has 1 saturated heterocycles. The average Bonchev–Trinajstić information content (AvgIpc) is 3.05. The maximum absolute atomic E-state index is 11.0. The molecule has 0 spiro atoms. The van der Waals surface area contributed by atoms with E-state index >= 15 is 0 Å². The van der Waals surface area contributed by atoms with Crippen LogP contribution in [0.5, 0.6) is 0 Å². The molecule has 1 heterocycles. The topological polar surface area (TPSA) is 67.8 Å². The molecule has 2 aliphatic rings. The number of nitrogens with one attached hydrogen (secondary N) is 1. The van der Waals surface area contributed by atoms with Gasteiger partial charge in [0.1, 0.15) is 0 Å². The van der Waals surface area contributed by atoms with Crippen LogP contribution in [0.15, 0.2) is 24.3 Å². The fraction of sp³-hybridized carbons (Fsp3) is 0.588. The number of aryl methyl sites for hydroxylation is 1. The first kappa shape index (κ1) is 15.3. The lowest BCUT2D eigenvalue weighted by molar-refractivity contribution is -0.0518. The van der Waals surface area contributed by atoms with E-state index in [1.807, 2.05) is 6.07 Å². The number of fused-ring (bicyclic) bond motifs is 1. The minimum atomic E-state index is -0.962. The Morgan fingerprint density at radius 1 is 1.32 bits per heavy atom. The second-order valence-electron chi connectivity index (χ2n) is 6.16. The van der Waals surface area contributed by atoms with Crippen LogP contribution < -0.4 is 5.32 Å². The maximum Gasteiger partial charge on any atom is 0.404 e. The van der Waals surface area contributed by atoms with Gasteiger partial charge >= 0.3 is 6.09 Å². The van der Waals surface area contributed by atoms with Gasteiger partial charge in [-0.2, -0.15) is 0 Å². The smallest absolute Gasteiger partial charge is 0.404 e. The summed E-state index contributed by atoms with van der Waals surface area (Å²) in [6.45, 7) is 1.76. The Balaban J connectivity index is 1.81. The van der Waals surface area contributed by atoms with Gasteiger partial charge in [-0.25, -0.2) is 4.79 Å². The first-order chi connectivity index (χ1) is 10.7. The van der Waals surface area contributed by atoms with Crippen molar-refractivity contribution in [2.75, 3.05) is 19.8 Å².